The van der Waals surface area contributed by atoms with Crippen molar-refractivity contribution >= 4 is 0 Å². The van der Waals surface area contributed by atoms with E-state index in [1.54, 1.807) is 6.20 Å². The lowest BCUT2D eigenvalue weighted by atomic mass is 9.96. The molecule has 3 nitrogen and oxygen atoms in total. The predicted molar refractivity (Wildman–Crippen MR) is 68.6 cm³/mol. The molecule has 1 atom stereocenters. The van der Waals surface area contributed by atoms with E-state index in [1.165, 1.54) is 30.4 Å². The molecule has 17 heavy (non-hydrogen) atoms. The smallest absolute Gasteiger partial charge is 0.0650 e. The second-order valence-electron chi connectivity index (χ2n) is 4.59. The van der Waals surface area contributed by atoms with Gasteiger partial charge in [-0.15, -0.1) is 0 Å². The summed E-state index contributed by atoms with van der Waals surface area (Å²) in [5.74, 6) is 0. The van der Waals surface area contributed by atoms with E-state index < -0.39 is 0 Å². The molecule has 2 N–H and O–H groups in total. The van der Waals surface area contributed by atoms with Crippen LogP contribution in [-0.4, -0.2) is 16.7 Å². The van der Waals surface area contributed by atoms with Crippen molar-refractivity contribution in [3.63, 3.8) is 0 Å². The topological polar surface area (TPSA) is 40.7 Å². The molecule has 1 aromatic heterocycles. The molecule has 0 unspecified atom stereocenters. The first-order valence-corrected chi connectivity index (χ1v) is 6.26. The van der Waals surface area contributed by atoms with E-state index in [0.29, 0.717) is 6.04 Å². The van der Waals surface area contributed by atoms with Crippen molar-refractivity contribution in [2.24, 2.45) is 0 Å². The molecule has 0 amide bonds. The molecule has 0 bridgehead atoms. The van der Waals surface area contributed by atoms with Crippen LogP contribution in [0.1, 0.15) is 30.9 Å². The number of hydrogen-bond donors (Lipinski definition) is 2. The predicted octanol–water partition coefficient (Wildman–Crippen LogP) is 2.89. The summed E-state index contributed by atoms with van der Waals surface area (Å²) in [5, 5.41) is 10.5. The fraction of sp³-hybridized carbons (Fsp3) is 0.357. The van der Waals surface area contributed by atoms with Gasteiger partial charge in [0.25, 0.3) is 0 Å². The van der Waals surface area contributed by atoms with Gasteiger partial charge in [0, 0.05) is 12.2 Å². The molecule has 1 aliphatic heterocycles. The third-order valence-corrected chi connectivity index (χ3v) is 3.44. The number of H-pyrrole nitrogens is 1. The third-order valence-electron chi connectivity index (χ3n) is 3.44. The summed E-state index contributed by atoms with van der Waals surface area (Å²) in [6.07, 6.45) is 5.68. The molecule has 88 valence electrons. The van der Waals surface area contributed by atoms with Crippen LogP contribution >= 0.6 is 0 Å². The second-order valence-corrected chi connectivity index (χ2v) is 4.59. The van der Waals surface area contributed by atoms with Crippen LogP contribution in [0.2, 0.25) is 0 Å². The molecule has 1 fully saturated rings. The molecule has 3 rings (SSSR count). The standard InChI is InChI=1S/C14H17N3/c1-2-9-15-13(3-1)11-4-6-12(7-5-11)14-8-10-16-17-14/h4-8,10,13,15H,1-3,9H2,(H,16,17)/t13-/m0/s1. The van der Waals surface area contributed by atoms with Crippen LogP contribution in [0.15, 0.2) is 36.5 Å². The van der Waals surface area contributed by atoms with E-state index in [-0.39, 0.29) is 0 Å². The van der Waals surface area contributed by atoms with Gasteiger partial charge in [0.15, 0.2) is 0 Å². The van der Waals surface area contributed by atoms with Crippen molar-refractivity contribution in [1.29, 1.82) is 0 Å². The van der Waals surface area contributed by atoms with Gasteiger partial charge in [-0.2, -0.15) is 5.10 Å². The van der Waals surface area contributed by atoms with E-state index in [1.807, 2.05) is 6.07 Å². The molecule has 0 radical (unpaired) electrons. The maximum Gasteiger partial charge on any atom is 0.0650 e. The molecule has 0 aliphatic carbocycles. The minimum Gasteiger partial charge on any atom is -0.310 e. The Morgan fingerprint density at radius 2 is 1.94 bits per heavy atom. The average Bonchev–Trinajstić information content (AvgIpc) is 2.94. The lowest BCUT2D eigenvalue weighted by Gasteiger charge is -2.23. The Kier molecular flexibility index (Phi) is 2.92. The Balaban J connectivity index is 1.80. The first-order chi connectivity index (χ1) is 8.43. The molecule has 1 aromatic carbocycles. The number of rotatable bonds is 2. The van der Waals surface area contributed by atoms with Gasteiger partial charge in [0.05, 0.1) is 5.69 Å². The molecule has 2 aromatic rings. The van der Waals surface area contributed by atoms with Crippen molar-refractivity contribution in [3.8, 4) is 11.3 Å². The summed E-state index contributed by atoms with van der Waals surface area (Å²) in [6.45, 7) is 1.15. The average molecular weight is 227 g/mol. The van der Waals surface area contributed by atoms with Crippen molar-refractivity contribution in [1.82, 2.24) is 15.5 Å². The Hall–Kier alpha value is -1.61. The Labute approximate surface area is 101 Å². The Bertz CT molecular complexity index is 453. The molecule has 0 saturated carbocycles. The number of benzene rings is 1. The lowest BCUT2D eigenvalue weighted by molar-refractivity contribution is 0.412. The normalized spacial score (nSPS) is 20.4. The molecule has 1 saturated heterocycles. The van der Waals surface area contributed by atoms with Crippen LogP contribution in [0.25, 0.3) is 11.3 Å². The number of nitrogens with one attached hydrogen (secondary N) is 2. The lowest BCUT2D eigenvalue weighted by Crippen LogP contribution is -2.26. The zero-order valence-electron chi connectivity index (χ0n) is 9.82. The van der Waals surface area contributed by atoms with E-state index in [0.717, 1.165) is 12.2 Å². The summed E-state index contributed by atoms with van der Waals surface area (Å²) >= 11 is 0. The number of nitrogens with zero attached hydrogens (tertiary/aromatic N) is 1. The van der Waals surface area contributed by atoms with Gasteiger partial charge >= 0.3 is 0 Å². The molecular weight excluding hydrogens is 210 g/mol. The largest absolute Gasteiger partial charge is 0.310 e. The number of hydrogen-bond acceptors (Lipinski definition) is 2. The molecular formula is C14H17N3. The SMILES string of the molecule is c1cc(-c2ccc([C@@H]3CCCCN3)cc2)[nH]n1. The van der Waals surface area contributed by atoms with Crippen LogP contribution in [0, 0.1) is 0 Å². The monoisotopic (exact) mass is 227 g/mol. The zero-order chi connectivity index (χ0) is 11.5. The molecule has 3 heteroatoms. The zero-order valence-corrected chi connectivity index (χ0v) is 9.82. The van der Waals surface area contributed by atoms with Gasteiger partial charge in [-0.1, -0.05) is 30.7 Å². The van der Waals surface area contributed by atoms with Crippen LogP contribution < -0.4 is 5.32 Å². The fourth-order valence-electron chi connectivity index (χ4n) is 2.45. The van der Waals surface area contributed by atoms with Gasteiger partial charge in [-0.25, -0.2) is 0 Å². The van der Waals surface area contributed by atoms with Gasteiger partial charge in [-0.3, -0.25) is 5.10 Å². The maximum atomic E-state index is 3.97. The van der Waals surface area contributed by atoms with Crippen molar-refractivity contribution in [2.75, 3.05) is 6.54 Å². The van der Waals surface area contributed by atoms with Crippen LogP contribution in [0.4, 0.5) is 0 Å². The summed E-state index contributed by atoms with van der Waals surface area (Å²) < 4.78 is 0. The third kappa shape index (κ3) is 2.24. The molecule has 2 heterocycles. The summed E-state index contributed by atoms with van der Waals surface area (Å²) in [5.41, 5.74) is 3.67. The highest BCUT2D eigenvalue weighted by atomic mass is 15.1. The number of piperidine rings is 1. The molecule has 1 aliphatic rings. The first kappa shape index (κ1) is 10.5. The van der Waals surface area contributed by atoms with Gasteiger partial charge < -0.3 is 5.32 Å². The Morgan fingerprint density at radius 1 is 1.06 bits per heavy atom. The first-order valence-electron chi connectivity index (χ1n) is 6.26. The van der Waals surface area contributed by atoms with Crippen LogP contribution in [0.3, 0.4) is 0 Å². The van der Waals surface area contributed by atoms with E-state index in [4.69, 9.17) is 0 Å². The maximum absolute atomic E-state index is 3.97. The fourth-order valence-corrected chi connectivity index (χ4v) is 2.45. The van der Waals surface area contributed by atoms with Gasteiger partial charge in [-0.05, 0) is 36.6 Å². The van der Waals surface area contributed by atoms with Gasteiger partial charge in [0.1, 0.15) is 0 Å². The number of aromatic nitrogens is 2. The summed E-state index contributed by atoms with van der Waals surface area (Å²) in [7, 11) is 0. The van der Waals surface area contributed by atoms with Crippen molar-refractivity contribution in [3.05, 3.63) is 42.1 Å². The van der Waals surface area contributed by atoms with E-state index in [2.05, 4.69) is 39.8 Å². The molecule has 0 spiro atoms. The highest BCUT2D eigenvalue weighted by Gasteiger charge is 2.14. The van der Waals surface area contributed by atoms with Crippen LogP contribution in [-0.2, 0) is 0 Å². The Morgan fingerprint density at radius 3 is 2.59 bits per heavy atom. The van der Waals surface area contributed by atoms with Crippen molar-refractivity contribution in [2.45, 2.75) is 25.3 Å². The minimum absolute atomic E-state index is 0.541. The van der Waals surface area contributed by atoms with E-state index in [9.17, 15) is 0 Å². The minimum atomic E-state index is 0.541. The quantitative estimate of drug-likeness (QED) is 0.828. The van der Waals surface area contributed by atoms with E-state index >= 15 is 0 Å². The highest BCUT2D eigenvalue weighted by molar-refractivity contribution is 5.58. The summed E-state index contributed by atoms with van der Waals surface area (Å²) in [6, 6.07) is 11.3. The number of aromatic amines is 1. The highest BCUT2D eigenvalue weighted by Crippen LogP contribution is 2.25. The van der Waals surface area contributed by atoms with Crippen LogP contribution in [0.5, 0.6) is 0 Å². The summed E-state index contributed by atoms with van der Waals surface area (Å²) in [4.78, 5) is 0. The second kappa shape index (κ2) is 4.72. The van der Waals surface area contributed by atoms with Gasteiger partial charge in [0.2, 0.25) is 0 Å². The van der Waals surface area contributed by atoms with Crippen molar-refractivity contribution < 1.29 is 0 Å².